The van der Waals surface area contributed by atoms with Crippen LogP contribution in [0.4, 0.5) is 0 Å². The van der Waals surface area contributed by atoms with Crippen LogP contribution in [-0.2, 0) is 6.42 Å². The van der Waals surface area contributed by atoms with E-state index in [0.29, 0.717) is 0 Å². The molecular weight excluding hydrogens is 172 g/mol. The summed E-state index contributed by atoms with van der Waals surface area (Å²) in [6.07, 6.45) is 6.72. The molecular formula is C13H18O. The number of hydrogen-bond donors (Lipinski definition) is 0. The normalized spacial score (nSPS) is 9.79. The molecule has 0 N–H and O–H groups in total. The maximum Gasteiger partial charge on any atom is 0.118 e. The molecule has 76 valence electrons. The van der Waals surface area contributed by atoms with E-state index in [0.717, 1.165) is 18.6 Å². The van der Waals surface area contributed by atoms with Crippen molar-refractivity contribution < 1.29 is 4.74 Å². The Bertz CT molecular complexity index is 261. The second kappa shape index (κ2) is 6.25. The molecule has 1 heteroatoms. The van der Waals surface area contributed by atoms with Crippen molar-refractivity contribution in [3.05, 3.63) is 42.5 Å². The lowest BCUT2D eigenvalue weighted by atomic mass is 10.1. The molecule has 0 unspecified atom stereocenters. The molecule has 1 aromatic carbocycles. The van der Waals surface area contributed by atoms with Crippen LogP contribution in [0, 0.1) is 0 Å². The lowest BCUT2D eigenvalue weighted by Gasteiger charge is -2.02. The van der Waals surface area contributed by atoms with Crippen LogP contribution in [0.1, 0.15) is 24.8 Å². The Labute approximate surface area is 86.4 Å². The first-order valence-corrected chi connectivity index (χ1v) is 5.10. The number of ether oxygens (including phenoxy) is 1. The van der Waals surface area contributed by atoms with Crippen molar-refractivity contribution in [1.29, 1.82) is 0 Å². The fraction of sp³-hybridized carbons (Fsp3) is 0.385. The van der Waals surface area contributed by atoms with E-state index < -0.39 is 0 Å². The first kappa shape index (κ1) is 10.8. The first-order chi connectivity index (χ1) is 6.86. The van der Waals surface area contributed by atoms with Gasteiger partial charge in [-0.3, -0.25) is 0 Å². The molecule has 14 heavy (non-hydrogen) atoms. The Morgan fingerprint density at radius 3 is 2.50 bits per heavy atom. The second-order valence-corrected chi connectivity index (χ2v) is 3.38. The molecule has 0 saturated carbocycles. The summed E-state index contributed by atoms with van der Waals surface area (Å²) in [4.78, 5) is 0. The second-order valence-electron chi connectivity index (χ2n) is 3.38. The number of methoxy groups -OCH3 is 1. The Kier molecular flexibility index (Phi) is 4.84. The molecule has 0 aliphatic carbocycles. The highest BCUT2D eigenvalue weighted by Crippen LogP contribution is 2.13. The van der Waals surface area contributed by atoms with Crippen LogP contribution < -0.4 is 4.74 Å². The standard InChI is InChI=1S/C13H18O/c1-3-4-5-6-7-12-8-10-13(14-2)11-9-12/h3,8-11H,1,4-7H2,2H3. The molecule has 0 aromatic heterocycles. The Morgan fingerprint density at radius 2 is 1.93 bits per heavy atom. The molecule has 1 aromatic rings. The van der Waals surface area contributed by atoms with Crippen LogP contribution in [0.2, 0.25) is 0 Å². The molecule has 0 aliphatic heterocycles. The van der Waals surface area contributed by atoms with E-state index in [1.807, 2.05) is 18.2 Å². The molecule has 0 radical (unpaired) electrons. The molecule has 0 fully saturated rings. The molecule has 0 atom stereocenters. The average molecular weight is 190 g/mol. The Morgan fingerprint density at radius 1 is 1.21 bits per heavy atom. The predicted molar refractivity (Wildman–Crippen MR) is 60.7 cm³/mol. The molecule has 0 bridgehead atoms. The maximum atomic E-state index is 5.10. The maximum absolute atomic E-state index is 5.10. The SMILES string of the molecule is C=CCCCCc1ccc(OC)cc1. The largest absolute Gasteiger partial charge is 0.497 e. The minimum atomic E-state index is 0.930. The van der Waals surface area contributed by atoms with Gasteiger partial charge in [0.1, 0.15) is 5.75 Å². The van der Waals surface area contributed by atoms with Crippen LogP contribution in [-0.4, -0.2) is 7.11 Å². The number of unbranched alkanes of at least 4 members (excludes halogenated alkanes) is 2. The van der Waals surface area contributed by atoms with E-state index in [-0.39, 0.29) is 0 Å². The van der Waals surface area contributed by atoms with Gasteiger partial charge in [0.15, 0.2) is 0 Å². The van der Waals surface area contributed by atoms with Gasteiger partial charge in [0, 0.05) is 0 Å². The number of rotatable bonds is 6. The van der Waals surface area contributed by atoms with E-state index in [1.54, 1.807) is 7.11 Å². The fourth-order valence-electron chi connectivity index (χ4n) is 1.41. The van der Waals surface area contributed by atoms with Gasteiger partial charge in [-0.25, -0.2) is 0 Å². The lowest BCUT2D eigenvalue weighted by molar-refractivity contribution is 0.414. The first-order valence-electron chi connectivity index (χ1n) is 5.10. The number of aryl methyl sites for hydroxylation is 1. The average Bonchev–Trinajstić information content (AvgIpc) is 2.25. The topological polar surface area (TPSA) is 9.23 Å². The van der Waals surface area contributed by atoms with Crippen molar-refractivity contribution in [2.75, 3.05) is 7.11 Å². The molecule has 0 spiro atoms. The number of benzene rings is 1. The zero-order valence-corrected chi connectivity index (χ0v) is 8.83. The highest BCUT2D eigenvalue weighted by atomic mass is 16.5. The van der Waals surface area contributed by atoms with Crippen molar-refractivity contribution in [3.8, 4) is 5.75 Å². The third-order valence-corrected chi connectivity index (χ3v) is 2.28. The molecule has 0 saturated heterocycles. The van der Waals surface area contributed by atoms with Crippen LogP contribution in [0.25, 0.3) is 0 Å². The van der Waals surface area contributed by atoms with E-state index in [4.69, 9.17) is 4.74 Å². The molecule has 1 rings (SSSR count). The van der Waals surface area contributed by atoms with Crippen LogP contribution in [0.3, 0.4) is 0 Å². The van der Waals surface area contributed by atoms with Gasteiger partial charge in [-0.2, -0.15) is 0 Å². The summed E-state index contributed by atoms with van der Waals surface area (Å²) < 4.78 is 5.10. The predicted octanol–water partition coefficient (Wildman–Crippen LogP) is 3.59. The number of hydrogen-bond acceptors (Lipinski definition) is 1. The van der Waals surface area contributed by atoms with Crippen molar-refractivity contribution in [2.45, 2.75) is 25.7 Å². The van der Waals surface area contributed by atoms with Crippen LogP contribution in [0.5, 0.6) is 5.75 Å². The van der Waals surface area contributed by atoms with Gasteiger partial charge in [-0.15, -0.1) is 6.58 Å². The highest BCUT2D eigenvalue weighted by Gasteiger charge is 1.94. The summed E-state index contributed by atoms with van der Waals surface area (Å²) in [5.74, 6) is 0.930. The summed E-state index contributed by atoms with van der Waals surface area (Å²) in [7, 11) is 1.69. The highest BCUT2D eigenvalue weighted by molar-refractivity contribution is 5.27. The van der Waals surface area contributed by atoms with Crippen molar-refractivity contribution in [1.82, 2.24) is 0 Å². The van der Waals surface area contributed by atoms with Gasteiger partial charge >= 0.3 is 0 Å². The molecule has 0 aliphatic rings. The van der Waals surface area contributed by atoms with Crippen molar-refractivity contribution in [3.63, 3.8) is 0 Å². The van der Waals surface area contributed by atoms with Gasteiger partial charge < -0.3 is 4.74 Å². The van der Waals surface area contributed by atoms with Crippen LogP contribution >= 0.6 is 0 Å². The van der Waals surface area contributed by atoms with Gasteiger partial charge in [0.25, 0.3) is 0 Å². The van der Waals surface area contributed by atoms with E-state index in [2.05, 4.69) is 18.7 Å². The minimum Gasteiger partial charge on any atom is -0.497 e. The molecule has 0 amide bonds. The monoisotopic (exact) mass is 190 g/mol. The fourth-order valence-corrected chi connectivity index (χ4v) is 1.41. The molecule has 0 heterocycles. The summed E-state index contributed by atoms with van der Waals surface area (Å²) in [6, 6.07) is 8.30. The summed E-state index contributed by atoms with van der Waals surface area (Å²) in [5, 5.41) is 0. The quantitative estimate of drug-likeness (QED) is 0.492. The van der Waals surface area contributed by atoms with Crippen LogP contribution in [0.15, 0.2) is 36.9 Å². The van der Waals surface area contributed by atoms with E-state index in [1.165, 1.54) is 18.4 Å². The minimum absolute atomic E-state index is 0.930. The summed E-state index contributed by atoms with van der Waals surface area (Å²) in [6.45, 7) is 3.71. The summed E-state index contributed by atoms with van der Waals surface area (Å²) >= 11 is 0. The van der Waals surface area contributed by atoms with Gasteiger partial charge in [0.2, 0.25) is 0 Å². The smallest absolute Gasteiger partial charge is 0.118 e. The van der Waals surface area contributed by atoms with Gasteiger partial charge in [0.05, 0.1) is 7.11 Å². The third-order valence-electron chi connectivity index (χ3n) is 2.28. The van der Waals surface area contributed by atoms with Crippen molar-refractivity contribution in [2.24, 2.45) is 0 Å². The van der Waals surface area contributed by atoms with Gasteiger partial charge in [-0.1, -0.05) is 18.2 Å². The lowest BCUT2D eigenvalue weighted by Crippen LogP contribution is -1.86. The number of allylic oxidation sites excluding steroid dienone is 1. The zero-order chi connectivity index (χ0) is 10.2. The van der Waals surface area contributed by atoms with Crippen molar-refractivity contribution >= 4 is 0 Å². The molecule has 1 nitrogen and oxygen atoms in total. The zero-order valence-electron chi connectivity index (χ0n) is 8.83. The van der Waals surface area contributed by atoms with E-state index >= 15 is 0 Å². The Hall–Kier alpha value is -1.24. The Balaban J connectivity index is 2.32. The third kappa shape index (κ3) is 3.65. The van der Waals surface area contributed by atoms with E-state index in [9.17, 15) is 0 Å². The summed E-state index contributed by atoms with van der Waals surface area (Å²) in [5.41, 5.74) is 1.38. The van der Waals surface area contributed by atoms with Gasteiger partial charge in [-0.05, 0) is 43.4 Å².